The summed E-state index contributed by atoms with van der Waals surface area (Å²) >= 11 is 1.56. The van der Waals surface area contributed by atoms with Gasteiger partial charge in [-0.3, -0.25) is 33.7 Å². The Balaban J connectivity index is 0.743. The van der Waals surface area contributed by atoms with Gasteiger partial charge >= 0.3 is 6.18 Å². The van der Waals surface area contributed by atoms with Gasteiger partial charge in [-0.05, 0) is 80.3 Å². The summed E-state index contributed by atoms with van der Waals surface area (Å²) in [6.45, 7) is 15.2. The lowest BCUT2D eigenvalue weighted by Gasteiger charge is -2.44. The van der Waals surface area contributed by atoms with E-state index in [4.69, 9.17) is 23.7 Å². The maximum atomic E-state index is 15.5. The van der Waals surface area contributed by atoms with Crippen molar-refractivity contribution in [3.8, 4) is 21.6 Å². The molecule has 0 spiro atoms. The Labute approximate surface area is 512 Å². The fourth-order valence-corrected chi connectivity index (χ4v) is 11.0. The Kier molecular flexibility index (Phi) is 24.7. The third-order valence-electron chi connectivity index (χ3n) is 15.2. The Morgan fingerprint density at radius 2 is 1.40 bits per heavy atom. The topological polar surface area (TPSA) is 255 Å². The number of aromatic nitrogens is 2. The van der Waals surface area contributed by atoms with E-state index in [1.54, 1.807) is 29.0 Å². The van der Waals surface area contributed by atoms with Crippen molar-refractivity contribution in [1.82, 2.24) is 35.7 Å². The van der Waals surface area contributed by atoms with Gasteiger partial charge in [0.15, 0.2) is 0 Å². The largest absolute Gasteiger partial charge is 0.417 e. The first kappa shape index (κ1) is 68.3. The average molecular weight is 1250 g/mol. The van der Waals surface area contributed by atoms with Gasteiger partial charge in [0.05, 0.1) is 111 Å². The van der Waals surface area contributed by atoms with Crippen LogP contribution in [0.25, 0.3) is 21.6 Å². The number of likely N-dealkylation sites (tertiary alicyclic amines) is 1. The molecule has 5 atom stereocenters. The van der Waals surface area contributed by atoms with E-state index in [-0.39, 0.29) is 107 Å². The van der Waals surface area contributed by atoms with E-state index < -0.39 is 81.8 Å². The van der Waals surface area contributed by atoms with Crippen molar-refractivity contribution < 1.29 is 70.3 Å². The molecule has 2 aliphatic heterocycles. The number of β-amino-alcohol motifs (C(OH)–C–C–N with tert-alkyl or cyclic N) is 1. The quantitative estimate of drug-likeness (QED) is 0.0223. The molecule has 0 aliphatic carbocycles. The Morgan fingerprint density at radius 3 is 2.00 bits per heavy atom. The van der Waals surface area contributed by atoms with E-state index in [9.17, 15) is 47.0 Å². The van der Waals surface area contributed by atoms with Crippen LogP contribution >= 0.6 is 11.3 Å². The fourth-order valence-electron chi connectivity index (χ4n) is 10.2. The van der Waals surface area contributed by atoms with Crippen LogP contribution in [0.15, 0.2) is 83.2 Å². The number of carbonyl (C=O) groups is 5. The van der Waals surface area contributed by atoms with Crippen LogP contribution in [0.1, 0.15) is 85.0 Å². The Bertz CT molecular complexity index is 3220. The molecule has 4 heterocycles. The molecule has 2 aliphatic rings. The minimum atomic E-state index is -5.01. The zero-order chi connectivity index (χ0) is 63.7. The van der Waals surface area contributed by atoms with Gasteiger partial charge < -0.3 is 64.8 Å². The number of nitrogens with zero attached hydrogens (tertiary/aromatic N) is 4. The normalized spacial score (nSPS) is 17.6. The lowest BCUT2D eigenvalue weighted by molar-refractivity contribution is -0.144. The first-order valence-corrected chi connectivity index (χ1v) is 30.0. The molecule has 1 unspecified atom stereocenters. The van der Waals surface area contributed by atoms with Crippen molar-refractivity contribution in [2.45, 2.75) is 97.4 Å². The van der Waals surface area contributed by atoms with Crippen molar-refractivity contribution in [2.24, 2.45) is 5.41 Å². The fraction of sp³-hybridized carbons (Fsp3) is 0.500. The molecule has 0 bridgehead atoms. The molecule has 2 saturated heterocycles. The van der Waals surface area contributed by atoms with Crippen LogP contribution in [0.3, 0.4) is 0 Å². The minimum absolute atomic E-state index is 0.00300. The number of carbonyl (C=O) groups excluding carboxylic acids is 5. The third-order valence-corrected chi connectivity index (χ3v) is 16.1. The van der Waals surface area contributed by atoms with Gasteiger partial charge in [0, 0.05) is 81.0 Å². The van der Waals surface area contributed by atoms with E-state index in [0.717, 1.165) is 27.8 Å². The number of hydrogen-bond acceptors (Lipinski definition) is 16. The molecular formula is C62H79F4N9O12S. The van der Waals surface area contributed by atoms with E-state index in [1.807, 2.05) is 77.8 Å². The zero-order valence-corrected chi connectivity index (χ0v) is 51.4. The second kappa shape index (κ2) is 31.8. The van der Waals surface area contributed by atoms with Crippen LogP contribution in [0.4, 0.5) is 28.9 Å². The van der Waals surface area contributed by atoms with Crippen LogP contribution in [0, 0.1) is 18.2 Å². The first-order valence-electron chi connectivity index (χ1n) is 29.1. The summed E-state index contributed by atoms with van der Waals surface area (Å²) in [5.41, 5.74) is 1.63. The van der Waals surface area contributed by atoms with E-state index in [0.29, 0.717) is 57.5 Å². The Morgan fingerprint density at radius 1 is 0.784 bits per heavy atom. The highest BCUT2D eigenvalue weighted by Crippen LogP contribution is 2.37. The smallest absolute Gasteiger partial charge is 0.391 e. The highest BCUT2D eigenvalue weighted by molar-refractivity contribution is 7.13. The predicted molar refractivity (Wildman–Crippen MR) is 323 cm³/mol. The number of thiazole rings is 1. The van der Waals surface area contributed by atoms with Crippen LogP contribution in [0.5, 0.6) is 0 Å². The molecule has 0 radical (unpaired) electrons. The first-order chi connectivity index (χ1) is 41.9. The average Bonchev–Trinajstić information content (AvgIpc) is 1.37. The van der Waals surface area contributed by atoms with Crippen molar-refractivity contribution in [1.29, 1.82) is 0 Å². The number of likely N-dealkylation sites (N-methyl/N-ethyl adjacent to an activating group) is 1. The maximum Gasteiger partial charge on any atom is 0.417 e. The van der Waals surface area contributed by atoms with Crippen molar-refractivity contribution in [2.75, 3.05) is 110 Å². The molecule has 3 aromatic carbocycles. The van der Waals surface area contributed by atoms with Crippen LogP contribution in [0.2, 0.25) is 0 Å². The summed E-state index contributed by atoms with van der Waals surface area (Å²) in [6, 6.07) is 14.9. The number of alkyl halides is 3. The van der Waals surface area contributed by atoms with Crippen molar-refractivity contribution in [3.05, 3.63) is 123 Å². The third kappa shape index (κ3) is 19.2. The van der Waals surface area contributed by atoms with Gasteiger partial charge in [-0.15, -0.1) is 11.3 Å². The summed E-state index contributed by atoms with van der Waals surface area (Å²) in [4.78, 5) is 92.1. The maximum absolute atomic E-state index is 15.5. The lowest BCUT2D eigenvalue weighted by Crippen LogP contribution is -2.57. The molecule has 2 aromatic heterocycles. The number of aliphatic hydroxyl groups is 1. The lowest BCUT2D eigenvalue weighted by atomic mass is 9.85. The summed E-state index contributed by atoms with van der Waals surface area (Å²) in [6.07, 6.45) is -5.14. The molecule has 88 heavy (non-hydrogen) atoms. The van der Waals surface area contributed by atoms with Gasteiger partial charge in [-0.25, -0.2) is 9.37 Å². The summed E-state index contributed by atoms with van der Waals surface area (Å²) in [7, 11) is 1.98. The van der Waals surface area contributed by atoms with Crippen LogP contribution in [-0.2, 0) is 50.8 Å². The van der Waals surface area contributed by atoms with Crippen LogP contribution in [-0.4, -0.2) is 184 Å². The number of aryl methyl sites for hydroxylation is 1. The van der Waals surface area contributed by atoms with Crippen LogP contribution < -0.4 is 31.7 Å². The molecule has 26 heteroatoms. The number of aliphatic hydroxyl groups excluding tert-OH is 1. The number of benzene rings is 3. The second-order valence-electron chi connectivity index (χ2n) is 22.8. The molecule has 478 valence electrons. The highest BCUT2D eigenvalue weighted by Gasteiger charge is 2.45. The molecule has 7 rings (SSSR count). The molecule has 5 amide bonds. The van der Waals surface area contributed by atoms with E-state index in [1.165, 1.54) is 23.1 Å². The zero-order valence-electron chi connectivity index (χ0n) is 50.6. The van der Waals surface area contributed by atoms with Gasteiger partial charge in [0.1, 0.15) is 17.9 Å². The number of nitrogens with one attached hydrogen (secondary N) is 5. The molecule has 0 saturated carbocycles. The monoisotopic (exact) mass is 1250 g/mol. The SMILES string of the molecule is Cc1ncsc1-c1ccc(CNC(=O)[C@@H]2C[C@@H](O)CN2C(=O)C(NC(=O)CCOCCOCCOCCOCCOCCNC(=O)c2ccc(F)c(-c3ccc(N4C[C@@H](C)N(C)[C@@H](C)C4)c(NC(=O)c4c[nH]c(=O)cc4C(F)(F)F)c3)c2)C(C)(C)C)cc1. The molecule has 21 nitrogen and oxygen atoms in total. The standard InChI is InChI=1S/C62H79F4N9O12S/c1-38-34-74(35-39(2)73(38)7)51-15-13-43(29-50(51)71-58(80)47-33-68-54(78)31-48(47)62(64,65)66)46-28-44(12-14-49(46)63)57(79)67-17-19-84-21-23-86-25-27-87-26-24-85-22-20-83-18-16-53(77)72-56(61(4,5)6)60(82)75-36-45(76)30-52(75)59(81)69-32-41-8-10-42(11-9-41)55-40(3)70-37-88-55/h8-15,28-29,31,33,37-39,45,52,56,76H,16-27,30,32,34-36H2,1-7H3,(H,67,79)(H,68,78)(H,69,81)(H,71,80)(H,72,77)/t38-,39+,45-,52+,56?/m1/s1. The summed E-state index contributed by atoms with van der Waals surface area (Å²) in [5, 5.41) is 21.6. The number of ether oxygens (including phenoxy) is 5. The molecular weight excluding hydrogens is 1170 g/mol. The Hall–Kier alpha value is -7.17. The van der Waals surface area contributed by atoms with Crippen molar-refractivity contribution in [3.63, 3.8) is 0 Å². The van der Waals surface area contributed by atoms with Gasteiger partial charge in [0.25, 0.3) is 11.8 Å². The summed E-state index contributed by atoms with van der Waals surface area (Å²) < 4.78 is 85.3. The van der Waals surface area contributed by atoms with Gasteiger partial charge in [-0.2, -0.15) is 13.2 Å². The number of rotatable bonds is 29. The highest BCUT2D eigenvalue weighted by atomic mass is 32.1. The predicted octanol–water partition coefficient (Wildman–Crippen LogP) is 6.42. The number of halogens is 4. The second-order valence-corrected chi connectivity index (χ2v) is 23.6. The van der Waals surface area contributed by atoms with Gasteiger partial charge in [-0.1, -0.05) is 51.1 Å². The van der Waals surface area contributed by atoms with Gasteiger partial charge in [0.2, 0.25) is 23.3 Å². The van der Waals surface area contributed by atoms with Crippen molar-refractivity contribution >= 4 is 52.2 Å². The summed E-state index contributed by atoms with van der Waals surface area (Å²) in [5.74, 6) is -3.60. The molecule has 2 fully saturated rings. The van der Waals surface area contributed by atoms with E-state index in [2.05, 4.69) is 36.1 Å². The number of piperazine rings is 1. The van der Waals surface area contributed by atoms with E-state index >= 15 is 4.39 Å². The number of pyridine rings is 1. The number of aromatic amines is 1. The minimum Gasteiger partial charge on any atom is -0.391 e. The number of H-pyrrole nitrogens is 1. The molecule has 6 N–H and O–H groups in total. The molecule has 5 aromatic rings. The number of hydrogen-bond donors (Lipinski definition) is 6. The number of anilines is 2. The number of amides is 5.